The highest BCUT2D eigenvalue weighted by Crippen LogP contribution is 2.39. The Morgan fingerprint density at radius 2 is 0.753 bits per heavy atom. The largest absolute Gasteiger partial charge is 0.421 e. The Kier molecular flexibility index (Phi) is 13.6. The zero-order valence-corrected chi connectivity index (χ0v) is 37.4. The molecule has 10 aromatic rings. The molecule has 1 heterocycles. The molecule has 392 valence electrons. The van der Waals surface area contributed by atoms with Crippen LogP contribution in [-0.4, -0.2) is 17.1 Å². The van der Waals surface area contributed by atoms with Crippen molar-refractivity contribution in [2.75, 3.05) is 0 Å². The van der Waals surface area contributed by atoms with E-state index in [-0.39, 0.29) is 5.69 Å². The third-order valence-electron chi connectivity index (χ3n) is 12.6. The lowest BCUT2D eigenvalue weighted by atomic mass is 9.12. The number of halogens is 20. The van der Waals surface area contributed by atoms with E-state index in [0.717, 1.165) is 21.7 Å². The van der Waals surface area contributed by atoms with Crippen molar-refractivity contribution in [2.45, 2.75) is 6.54 Å². The van der Waals surface area contributed by atoms with Gasteiger partial charge in [-0.2, -0.15) is 4.57 Å². The molecule has 0 N–H and O–H groups in total. The van der Waals surface area contributed by atoms with Gasteiger partial charge in [0.2, 0.25) is 11.9 Å². The summed E-state index contributed by atoms with van der Waals surface area (Å²) in [5.41, 5.74) is -12.9. The fraction of sp³-hybridized carbons (Fsp3) is 0.0192. The van der Waals surface area contributed by atoms with E-state index >= 15 is 35.1 Å². The highest BCUT2D eigenvalue weighted by Gasteiger charge is 2.52. The Morgan fingerprint density at radius 1 is 0.403 bits per heavy atom. The summed E-state index contributed by atoms with van der Waals surface area (Å²) in [6.45, 7) is 0.655. The first kappa shape index (κ1) is 53.1. The molecule has 0 atom stereocenters. The summed E-state index contributed by atoms with van der Waals surface area (Å²) in [6, 6.07) is 28.6. The average molecular weight is 1090 g/mol. The van der Waals surface area contributed by atoms with Gasteiger partial charge in [-0.05, 0) is 33.7 Å². The molecule has 0 unspecified atom stereocenters. The van der Waals surface area contributed by atoms with Gasteiger partial charge in [0.1, 0.15) is 58.4 Å². The fourth-order valence-corrected chi connectivity index (χ4v) is 9.25. The van der Waals surface area contributed by atoms with Crippen LogP contribution in [0.2, 0.25) is 0 Å². The first-order valence-electron chi connectivity index (χ1n) is 21.5. The molecule has 0 fully saturated rings. The van der Waals surface area contributed by atoms with E-state index in [1.54, 1.807) is 12.4 Å². The van der Waals surface area contributed by atoms with E-state index in [1.165, 1.54) is 16.2 Å². The molecule has 0 bridgehead atoms. The Bertz CT molecular complexity index is 3690. The minimum atomic E-state index is -7.22. The molecule has 0 aliphatic carbocycles. The van der Waals surface area contributed by atoms with E-state index in [9.17, 15) is 57.5 Å². The van der Waals surface area contributed by atoms with Gasteiger partial charge in [0, 0.05) is 16.3 Å². The van der Waals surface area contributed by atoms with E-state index < -0.39 is 150 Å². The van der Waals surface area contributed by atoms with Gasteiger partial charge in [0.25, 0.3) is 0 Å². The number of esters is 1. The Labute approximate surface area is 415 Å². The molecule has 0 amide bonds. The van der Waals surface area contributed by atoms with Crippen LogP contribution in [0.3, 0.4) is 0 Å². The van der Waals surface area contributed by atoms with Gasteiger partial charge in [-0.3, -0.25) is 0 Å². The minimum absolute atomic E-state index is 0.272. The van der Waals surface area contributed by atoms with Gasteiger partial charge in [0.05, 0.1) is 6.20 Å². The van der Waals surface area contributed by atoms with Crippen LogP contribution in [0.1, 0.15) is 16.1 Å². The zero-order chi connectivity index (χ0) is 55.8. The van der Waals surface area contributed by atoms with Crippen molar-refractivity contribution in [3.05, 3.63) is 231 Å². The first-order valence-corrected chi connectivity index (χ1v) is 21.5. The fourth-order valence-electron chi connectivity index (χ4n) is 9.25. The number of carbonyl (C=O) groups excluding carboxylic acids is 1. The number of benzene rings is 9. The highest BCUT2D eigenvalue weighted by molar-refractivity contribution is 7.20. The number of rotatable bonds is 8. The molecule has 4 nitrogen and oxygen atoms in total. The second-order valence-electron chi connectivity index (χ2n) is 16.7. The van der Waals surface area contributed by atoms with Crippen molar-refractivity contribution < 1.29 is 102 Å². The maximum atomic E-state index is 15.4. The van der Waals surface area contributed by atoms with Crippen molar-refractivity contribution in [3.8, 4) is 5.75 Å². The van der Waals surface area contributed by atoms with Crippen LogP contribution in [0, 0.1) is 116 Å². The van der Waals surface area contributed by atoms with Gasteiger partial charge < -0.3 is 4.74 Å². The lowest BCUT2D eigenvalue weighted by molar-refractivity contribution is -0.689. The quantitative estimate of drug-likeness (QED) is 0.0223. The van der Waals surface area contributed by atoms with Crippen LogP contribution >= 0.6 is 0 Å². The molecule has 77 heavy (non-hydrogen) atoms. The SMILES string of the molecule is Fc1c(F)c(F)c([B-](c2c(F)c(F)c(F)c(F)c2F)(c2c(F)c(F)c(F)c(F)c2F)c2c(F)c(F)c(F)c(F)c2F)c(F)c1F.O=C(Oc1ccc2ccc3cccc4ccc1c2c34)c1c[n+](Cc2ccccc2)ccn1. The molecule has 0 aliphatic rings. The van der Waals surface area contributed by atoms with Crippen molar-refractivity contribution >= 4 is 66.3 Å². The summed E-state index contributed by atoms with van der Waals surface area (Å²) in [7, 11) is 0. The van der Waals surface area contributed by atoms with E-state index in [4.69, 9.17) is 4.74 Å². The molecule has 10 rings (SSSR count). The van der Waals surface area contributed by atoms with E-state index in [1.807, 2.05) is 47.2 Å². The minimum Gasteiger partial charge on any atom is -0.421 e. The van der Waals surface area contributed by atoms with Crippen molar-refractivity contribution in [3.63, 3.8) is 0 Å². The average Bonchev–Trinajstić information content (AvgIpc) is 3.55. The number of nitrogens with zero attached hydrogens (tertiary/aromatic N) is 2. The van der Waals surface area contributed by atoms with Gasteiger partial charge in [0.15, 0.2) is 82.5 Å². The summed E-state index contributed by atoms with van der Waals surface area (Å²) in [4.78, 5) is 17.2. The van der Waals surface area contributed by atoms with Crippen molar-refractivity contribution in [2.24, 2.45) is 0 Å². The third-order valence-corrected chi connectivity index (χ3v) is 12.6. The molecule has 0 spiro atoms. The molecule has 1 aromatic heterocycles. The molecule has 0 aliphatic heterocycles. The second-order valence-corrected chi connectivity index (χ2v) is 16.7. The van der Waals surface area contributed by atoms with E-state index in [0.29, 0.717) is 12.3 Å². The van der Waals surface area contributed by atoms with Crippen LogP contribution in [0.5, 0.6) is 5.75 Å². The number of carbonyl (C=O) groups is 1. The third kappa shape index (κ3) is 8.25. The first-order chi connectivity index (χ1) is 36.5. The summed E-state index contributed by atoms with van der Waals surface area (Å²) >= 11 is 0. The van der Waals surface area contributed by atoms with Crippen LogP contribution in [0.15, 0.2) is 104 Å². The van der Waals surface area contributed by atoms with E-state index in [2.05, 4.69) is 53.5 Å². The summed E-state index contributed by atoms with van der Waals surface area (Å²) in [5.74, 6) is -71.3. The van der Waals surface area contributed by atoms with Crippen LogP contribution < -0.4 is 31.2 Å². The number of aromatic nitrogens is 2. The smallest absolute Gasteiger partial charge is 0.368 e. The molecule has 0 saturated heterocycles. The predicted molar refractivity (Wildman–Crippen MR) is 234 cm³/mol. The lowest BCUT2D eigenvalue weighted by Crippen LogP contribution is -2.81. The summed E-state index contributed by atoms with van der Waals surface area (Å²) in [6.07, 6.45) is -2.01. The van der Waals surface area contributed by atoms with Gasteiger partial charge in [-0.15, -0.1) is 21.9 Å². The predicted octanol–water partition coefficient (Wildman–Crippen LogP) is 11.4. The zero-order valence-electron chi connectivity index (χ0n) is 37.4. The topological polar surface area (TPSA) is 43.1 Å². The maximum absolute atomic E-state index is 15.4. The van der Waals surface area contributed by atoms with Gasteiger partial charge in [-0.1, -0.05) is 72.8 Å². The second kappa shape index (κ2) is 19.7. The van der Waals surface area contributed by atoms with Crippen molar-refractivity contribution in [1.29, 1.82) is 0 Å². The van der Waals surface area contributed by atoms with Crippen LogP contribution in [0.4, 0.5) is 87.8 Å². The Hall–Kier alpha value is -8.77. The standard InChI is InChI=1S/C28H19N2O2.C24BF20/c31-28(24-18-30(16-15-29-24)17-19-5-2-1-3-6-19)32-25-14-12-22-10-9-20-7-4-8-21-11-13-23(25)27(22)26(20)21;26-5-1(6(27)14(35)21(42)13(5)34)25(2-7(28)15(36)22(43)16(37)8(2)29,3-9(30)17(38)23(44)18(39)10(3)31)4-11(32)19(40)24(45)20(41)12(4)33/h1-16,18H,17H2;/q+1;-1. The summed E-state index contributed by atoms with van der Waals surface area (Å²) in [5, 5.41) is 6.72. The van der Waals surface area contributed by atoms with Crippen LogP contribution in [-0.2, 0) is 6.54 Å². The van der Waals surface area contributed by atoms with Gasteiger partial charge >= 0.3 is 5.97 Å². The molecule has 25 heteroatoms. The monoisotopic (exact) mass is 1090 g/mol. The number of hydrogen-bond donors (Lipinski definition) is 0. The molecular weight excluding hydrogens is 1080 g/mol. The van der Waals surface area contributed by atoms with Gasteiger partial charge in [-0.25, -0.2) is 97.6 Å². The van der Waals surface area contributed by atoms with Crippen molar-refractivity contribution in [1.82, 2.24) is 4.98 Å². The maximum Gasteiger partial charge on any atom is 0.368 e. The number of ether oxygens (including phenoxy) is 1. The Morgan fingerprint density at radius 3 is 1.16 bits per heavy atom. The molecule has 9 aromatic carbocycles. The number of hydrogen-bond acceptors (Lipinski definition) is 3. The van der Waals surface area contributed by atoms with Crippen LogP contribution in [0.25, 0.3) is 32.3 Å². The Balaban J connectivity index is 0.000000197. The molecular formula is C52H19BF20N2O2. The molecule has 0 saturated carbocycles. The summed E-state index contributed by atoms with van der Waals surface area (Å²) < 4.78 is 302. The highest BCUT2D eigenvalue weighted by atomic mass is 19.2. The lowest BCUT2D eigenvalue weighted by Gasteiger charge is -2.44. The molecule has 0 radical (unpaired) electrons. The normalized spacial score (nSPS) is 11.7.